The number of hydrogen-bond donors (Lipinski definition) is 3. The average Bonchev–Trinajstić information content (AvgIpc) is 3.06. The van der Waals surface area contributed by atoms with Crippen LogP contribution in [0.25, 0.3) is 0 Å². The molecule has 0 radical (unpaired) electrons. The fraction of sp³-hybridized carbons (Fsp3) is 0.353. The number of likely N-dealkylation sites (N-methyl/N-ethyl adjacent to an activating group) is 1. The first kappa shape index (κ1) is 22.1. The monoisotopic (exact) mass is 478 g/mol. The normalized spacial score (nSPS) is 16.0. The molecular formula is C17H20Cl2N4O4S2. The second kappa shape index (κ2) is 9.07. The maximum Gasteiger partial charge on any atom is 0.323 e. The van der Waals surface area contributed by atoms with Gasteiger partial charge in [-0.1, -0.05) is 36.2 Å². The summed E-state index contributed by atoms with van der Waals surface area (Å²) < 4.78 is 26.9. The van der Waals surface area contributed by atoms with Gasteiger partial charge in [-0.2, -0.15) is 4.31 Å². The van der Waals surface area contributed by atoms with Gasteiger partial charge in [-0.15, -0.1) is 11.3 Å². The molecule has 1 saturated heterocycles. The zero-order valence-electron chi connectivity index (χ0n) is 15.5. The van der Waals surface area contributed by atoms with Crippen molar-refractivity contribution in [3.05, 3.63) is 33.6 Å². The molecule has 1 aliphatic rings. The second-order valence-electron chi connectivity index (χ2n) is 6.30. The number of carbonyl (C=O) groups excluding carboxylic acids is 1. The van der Waals surface area contributed by atoms with Gasteiger partial charge in [-0.05, 0) is 18.7 Å². The van der Waals surface area contributed by atoms with Crippen LogP contribution in [0.2, 0.25) is 10.0 Å². The highest BCUT2D eigenvalue weighted by Crippen LogP contribution is 2.39. The van der Waals surface area contributed by atoms with Gasteiger partial charge < -0.3 is 20.6 Å². The topological polar surface area (TPSA) is 102 Å². The van der Waals surface area contributed by atoms with Crippen LogP contribution in [0.4, 0.5) is 16.2 Å². The molecule has 1 aromatic carbocycles. The van der Waals surface area contributed by atoms with E-state index in [9.17, 15) is 18.3 Å². The third kappa shape index (κ3) is 4.79. The number of thiophene rings is 1. The lowest BCUT2D eigenvalue weighted by molar-refractivity contribution is 0.196. The fourth-order valence-corrected chi connectivity index (χ4v) is 6.03. The SMILES string of the molecule is CCN1CCN(S(=O)(=O)c2scc(NC(=O)Nc3cccc(Cl)c3Cl)c2O)CC1. The van der Waals surface area contributed by atoms with Gasteiger partial charge in [0.2, 0.25) is 0 Å². The molecule has 2 aromatic rings. The van der Waals surface area contributed by atoms with Gasteiger partial charge in [0.05, 0.1) is 21.4 Å². The van der Waals surface area contributed by atoms with Gasteiger partial charge in [-0.25, -0.2) is 13.2 Å². The van der Waals surface area contributed by atoms with Crippen LogP contribution < -0.4 is 10.6 Å². The number of carbonyl (C=O) groups is 1. The van der Waals surface area contributed by atoms with Crippen molar-refractivity contribution in [3.63, 3.8) is 0 Å². The number of amides is 2. The Kier molecular flexibility index (Phi) is 6.92. The molecule has 8 nitrogen and oxygen atoms in total. The molecule has 2 heterocycles. The number of hydrogen-bond acceptors (Lipinski definition) is 6. The van der Waals surface area contributed by atoms with Crippen molar-refractivity contribution in [1.29, 1.82) is 0 Å². The molecule has 158 valence electrons. The first-order valence-electron chi connectivity index (χ1n) is 8.79. The van der Waals surface area contributed by atoms with Crippen molar-refractivity contribution < 1.29 is 18.3 Å². The summed E-state index contributed by atoms with van der Waals surface area (Å²) in [6.07, 6.45) is 0. The first-order valence-corrected chi connectivity index (χ1v) is 11.9. The molecule has 3 N–H and O–H groups in total. The summed E-state index contributed by atoms with van der Waals surface area (Å²) >= 11 is 12.8. The third-order valence-corrected chi connectivity index (χ3v) is 8.74. The quantitative estimate of drug-likeness (QED) is 0.607. The van der Waals surface area contributed by atoms with E-state index >= 15 is 0 Å². The number of piperazine rings is 1. The Hall–Kier alpha value is -1.56. The maximum absolute atomic E-state index is 12.9. The van der Waals surface area contributed by atoms with Crippen molar-refractivity contribution in [2.24, 2.45) is 0 Å². The Balaban J connectivity index is 1.72. The number of halogens is 2. The number of benzene rings is 1. The summed E-state index contributed by atoms with van der Waals surface area (Å²) in [6, 6.07) is 4.07. The second-order valence-corrected chi connectivity index (χ2v) is 10.1. The van der Waals surface area contributed by atoms with E-state index in [-0.39, 0.29) is 25.6 Å². The Bertz CT molecular complexity index is 1000. The summed E-state index contributed by atoms with van der Waals surface area (Å²) in [4.78, 5) is 14.4. The van der Waals surface area contributed by atoms with Gasteiger partial charge in [0, 0.05) is 31.6 Å². The molecule has 0 aliphatic carbocycles. The lowest BCUT2D eigenvalue weighted by atomic mass is 10.3. The van der Waals surface area contributed by atoms with E-state index in [0.29, 0.717) is 26.2 Å². The van der Waals surface area contributed by atoms with E-state index in [1.165, 1.54) is 9.69 Å². The fourth-order valence-electron chi connectivity index (χ4n) is 2.89. The largest absolute Gasteiger partial charge is 0.504 e. The number of nitrogens with one attached hydrogen (secondary N) is 2. The zero-order chi connectivity index (χ0) is 21.2. The number of sulfonamides is 1. The van der Waals surface area contributed by atoms with Gasteiger partial charge in [0.25, 0.3) is 10.0 Å². The minimum atomic E-state index is -3.85. The Morgan fingerprint density at radius 2 is 1.83 bits per heavy atom. The van der Waals surface area contributed by atoms with E-state index in [1.807, 2.05) is 6.92 Å². The van der Waals surface area contributed by atoms with Gasteiger partial charge in [-0.3, -0.25) is 0 Å². The number of urea groups is 1. The molecule has 0 spiro atoms. The highest BCUT2D eigenvalue weighted by Gasteiger charge is 2.32. The van der Waals surface area contributed by atoms with Gasteiger partial charge in [0.15, 0.2) is 9.96 Å². The summed E-state index contributed by atoms with van der Waals surface area (Å²) in [6.45, 7) is 4.85. The van der Waals surface area contributed by atoms with Crippen LogP contribution in [0.3, 0.4) is 0 Å². The molecular weight excluding hydrogens is 459 g/mol. The Labute approximate surface area is 183 Å². The minimum Gasteiger partial charge on any atom is -0.504 e. The number of rotatable bonds is 5. The number of nitrogens with zero attached hydrogens (tertiary/aromatic N) is 2. The molecule has 1 fully saturated rings. The average molecular weight is 479 g/mol. The van der Waals surface area contributed by atoms with Gasteiger partial charge in [0.1, 0.15) is 0 Å². The van der Waals surface area contributed by atoms with Crippen molar-refractivity contribution >= 4 is 62.0 Å². The summed E-state index contributed by atoms with van der Waals surface area (Å²) in [5.41, 5.74) is 0.282. The minimum absolute atomic E-state index is 0.00332. The van der Waals surface area contributed by atoms with Crippen LogP contribution in [0, 0.1) is 0 Å². The molecule has 0 bridgehead atoms. The molecule has 0 atom stereocenters. The summed E-state index contributed by atoms with van der Waals surface area (Å²) in [5.74, 6) is -0.486. The number of aromatic hydroxyl groups is 1. The molecule has 29 heavy (non-hydrogen) atoms. The van der Waals surface area contributed by atoms with E-state index in [2.05, 4.69) is 15.5 Å². The van der Waals surface area contributed by atoms with E-state index in [4.69, 9.17) is 23.2 Å². The lowest BCUT2D eigenvalue weighted by Crippen LogP contribution is -2.48. The number of anilines is 2. The summed E-state index contributed by atoms with van der Waals surface area (Å²) in [5, 5.41) is 17.2. The molecule has 12 heteroatoms. The van der Waals surface area contributed by atoms with Crippen LogP contribution in [-0.4, -0.2) is 61.5 Å². The predicted molar refractivity (Wildman–Crippen MR) is 116 cm³/mol. The van der Waals surface area contributed by atoms with Crippen LogP contribution in [0.5, 0.6) is 5.75 Å². The Morgan fingerprint density at radius 1 is 1.17 bits per heavy atom. The highest BCUT2D eigenvalue weighted by atomic mass is 35.5. The van der Waals surface area contributed by atoms with E-state index < -0.39 is 21.8 Å². The van der Waals surface area contributed by atoms with Crippen molar-refractivity contribution in [1.82, 2.24) is 9.21 Å². The molecule has 2 amide bonds. The van der Waals surface area contributed by atoms with Crippen LogP contribution >= 0.6 is 34.5 Å². The lowest BCUT2D eigenvalue weighted by Gasteiger charge is -2.32. The standard InChI is InChI=1S/C17H20Cl2N4O4S2/c1-2-22-6-8-23(9-7-22)29(26,27)16-15(24)13(10-28-16)21-17(25)20-12-5-3-4-11(18)14(12)19/h3-5,10,24H,2,6-9H2,1H3,(H2,20,21,25). The molecule has 3 rings (SSSR count). The van der Waals surface area contributed by atoms with Crippen LogP contribution in [-0.2, 0) is 10.0 Å². The summed E-state index contributed by atoms with van der Waals surface area (Å²) in [7, 11) is -3.85. The van der Waals surface area contributed by atoms with Gasteiger partial charge >= 0.3 is 6.03 Å². The molecule has 1 aromatic heterocycles. The van der Waals surface area contributed by atoms with Crippen LogP contribution in [0.15, 0.2) is 27.8 Å². The van der Waals surface area contributed by atoms with Crippen molar-refractivity contribution in [2.75, 3.05) is 43.4 Å². The first-order chi connectivity index (χ1) is 13.7. The van der Waals surface area contributed by atoms with Crippen molar-refractivity contribution in [3.8, 4) is 5.75 Å². The molecule has 0 saturated carbocycles. The highest BCUT2D eigenvalue weighted by molar-refractivity contribution is 7.91. The molecule has 0 unspecified atom stereocenters. The smallest absolute Gasteiger partial charge is 0.323 e. The Morgan fingerprint density at radius 3 is 2.48 bits per heavy atom. The maximum atomic E-state index is 12.9. The third-order valence-electron chi connectivity index (χ3n) is 4.53. The van der Waals surface area contributed by atoms with E-state index in [0.717, 1.165) is 17.9 Å². The van der Waals surface area contributed by atoms with E-state index in [1.54, 1.807) is 18.2 Å². The predicted octanol–water partition coefficient (Wildman–Crippen LogP) is 3.73. The van der Waals surface area contributed by atoms with Crippen molar-refractivity contribution in [2.45, 2.75) is 11.1 Å². The molecule has 1 aliphatic heterocycles. The van der Waals surface area contributed by atoms with Crippen LogP contribution in [0.1, 0.15) is 6.92 Å². The zero-order valence-corrected chi connectivity index (χ0v) is 18.6.